The van der Waals surface area contributed by atoms with Crippen molar-refractivity contribution in [3.8, 4) is 11.5 Å². The van der Waals surface area contributed by atoms with Crippen LogP contribution in [-0.4, -0.2) is 25.8 Å². The van der Waals surface area contributed by atoms with Gasteiger partial charge in [0.2, 0.25) is 0 Å². The van der Waals surface area contributed by atoms with Crippen LogP contribution in [0.25, 0.3) is 0 Å². The third-order valence-corrected chi connectivity index (χ3v) is 3.36. The van der Waals surface area contributed by atoms with Crippen LogP contribution in [-0.2, 0) is 0 Å². The molecule has 0 saturated heterocycles. The highest BCUT2D eigenvalue weighted by Crippen LogP contribution is 2.13. The van der Waals surface area contributed by atoms with Gasteiger partial charge >= 0.3 is 0 Å². The summed E-state index contributed by atoms with van der Waals surface area (Å²) in [5.41, 5.74) is 1.11. The van der Waals surface area contributed by atoms with Crippen LogP contribution >= 0.6 is 0 Å². The van der Waals surface area contributed by atoms with E-state index in [-0.39, 0.29) is 11.6 Å². The second-order valence-corrected chi connectivity index (χ2v) is 4.90. The topological polar surface area (TPSA) is 52.6 Å². The zero-order valence-corrected chi connectivity index (χ0v) is 13.6. The van der Waals surface area contributed by atoms with Gasteiger partial charge in [-0.3, -0.25) is 9.59 Å². The van der Waals surface area contributed by atoms with Crippen molar-refractivity contribution in [2.24, 2.45) is 0 Å². The van der Waals surface area contributed by atoms with Gasteiger partial charge in [0.05, 0.1) is 14.2 Å². The Kier molecular flexibility index (Phi) is 6.08. The van der Waals surface area contributed by atoms with Crippen LogP contribution in [0.1, 0.15) is 20.7 Å². The molecule has 0 heterocycles. The van der Waals surface area contributed by atoms with Gasteiger partial charge in [0.15, 0.2) is 11.6 Å². The quantitative estimate of drug-likeness (QED) is 0.441. The van der Waals surface area contributed by atoms with Gasteiger partial charge in [0.25, 0.3) is 0 Å². The minimum atomic E-state index is -0.140. The number of hydrogen-bond donors (Lipinski definition) is 0. The van der Waals surface area contributed by atoms with Gasteiger partial charge in [0.1, 0.15) is 11.5 Å². The van der Waals surface area contributed by atoms with Crippen LogP contribution in [0.3, 0.4) is 0 Å². The molecule has 0 amide bonds. The molecule has 0 unspecified atom stereocenters. The molecule has 0 radical (unpaired) electrons. The van der Waals surface area contributed by atoms with E-state index in [0.29, 0.717) is 22.6 Å². The van der Waals surface area contributed by atoms with Crippen molar-refractivity contribution in [3.05, 3.63) is 84.0 Å². The summed E-state index contributed by atoms with van der Waals surface area (Å²) in [5.74, 6) is 1.11. The molecule has 0 bridgehead atoms. The van der Waals surface area contributed by atoms with Crippen molar-refractivity contribution in [2.75, 3.05) is 14.2 Å². The fourth-order valence-corrected chi connectivity index (χ4v) is 1.99. The zero-order valence-electron chi connectivity index (χ0n) is 13.6. The maximum atomic E-state index is 12.0. The normalized spacial score (nSPS) is 10.9. The standard InChI is InChI=1S/C20H18O4/c1-23-17-11-7-15(8-12-17)19(21)5-3-4-6-20(22)16-9-13-18(24-2)14-10-16/h3-14H,1-2H3/b5-3+,6-4+. The number of carbonyl (C=O) groups excluding carboxylic acids is 2. The van der Waals surface area contributed by atoms with E-state index in [1.165, 1.54) is 12.2 Å². The summed E-state index contributed by atoms with van der Waals surface area (Å²) in [4.78, 5) is 23.9. The lowest BCUT2D eigenvalue weighted by atomic mass is 10.1. The Morgan fingerprint density at radius 2 is 1.00 bits per heavy atom. The lowest BCUT2D eigenvalue weighted by Gasteiger charge is -2.00. The van der Waals surface area contributed by atoms with Crippen molar-refractivity contribution < 1.29 is 19.1 Å². The van der Waals surface area contributed by atoms with E-state index in [2.05, 4.69) is 0 Å². The van der Waals surface area contributed by atoms with Gasteiger partial charge in [0, 0.05) is 11.1 Å². The highest BCUT2D eigenvalue weighted by molar-refractivity contribution is 6.06. The van der Waals surface area contributed by atoms with Gasteiger partial charge in [-0.25, -0.2) is 0 Å². The molecular formula is C20H18O4. The average Bonchev–Trinajstić information content (AvgIpc) is 2.65. The van der Waals surface area contributed by atoms with Crippen molar-refractivity contribution in [1.29, 1.82) is 0 Å². The van der Waals surface area contributed by atoms with Gasteiger partial charge in [-0.2, -0.15) is 0 Å². The minimum absolute atomic E-state index is 0.140. The first-order chi connectivity index (χ1) is 11.6. The predicted octanol–water partition coefficient (Wildman–Crippen LogP) is 3.88. The highest BCUT2D eigenvalue weighted by atomic mass is 16.5. The van der Waals surface area contributed by atoms with Gasteiger partial charge in [-0.1, -0.05) is 12.2 Å². The molecule has 0 fully saturated rings. The molecule has 0 atom stereocenters. The van der Waals surface area contributed by atoms with Gasteiger partial charge in [-0.15, -0.1) is 0 Å². The van der Waals surface area contributed by atoms with Crippen LogP contribution in [0.4, 0.5) is 0 Å². The van der Waals surface area contributed by atoms with Crippen LogP contribution in [0.2, 0.25) is 0 Å². The zero-order chi connectivity index (χ0) is 17.4. The average molecular weight is 322 g/mol. The van der Waals surface area contributed by atoms with Crippen LogP contribution in [0, 0.1) is 0 Å². The molecule has 122 valence electrons. The lowest BCUT2D eigenvalue weighted by Crippen LogP contribution is -1.95. The number of hydrogen-bond acceptors (Lipinski definition) is 4. The largest absolute Gasteiger partial charge is 0.497 e. The van der Waals surface area contributed by atoms with Crippen molar-refractivity contribution in [1.82, 2.24) is 0 Å². The number of benzene rings is 2. The Bertz CT molecular complexity index is 686. The molecule has 0 saturated carbocycles. The second kappa shape index (κ2) is 8.48. The summed E-state index contributed by atoms with van der Waals surface area (Å²) >= 11 is 0. The van der Waals surface area contributed by atoms with E-state index in [4.69, 9.17) is 9.47 Å². The molecule has 0 aliphatic carbocycles. The number of carbonyl (C=O) groups is 2. The lowest BCUT2D eigenvalue weighted by molar-refractivity contribution is 0.103. The van der Waals surface area contributed by atoms with E-state index in [9.17, 15) is 9.59 Å². The number of ketones is 2. The Morgan fingerprint density at radius 3 is 1.29 bits per heavy atom. The Morgan fingerprint density at radius 1 is 0.667 bits per heavy atom. The third kappa shape index (κ3) is 4.68. The Balaban J connectivity index is 1.94. The van der Waals surface area contributed by atoms with Gasteiger partial charge < -0.3 is 9.47 Å². The molecule has 0 aromatic heterocycles. The number of rotatable bonds is 7. The molecule has 0 aliphatic heterocycles. The number of ether oxygens (including phenoxy) is 2. The van der Waals surface area contributed by atoms with Crippen molar-refractivity contribution in [3.63, 3.8) is 0 Å². The summed E-state index contributed by atoms with van der Waals surface area (Å²) in [7, 11) is 3.14. The molecule has 0 spiro atoms. The fraction of sp³-hybridized carbons (Fsp3) is 0.100. The molecule has 2 aromatic rings. The third-order valence-electron chi connectivity index (χ3n) is 3.36. The molecule has 0 aliphatic rings. The molecular weight excluding hydrogens is 304 g/mol. The Labute approximate surface area is 141 Å². The molecule has 4 heteroatoms. The SMILES string of the molecule is COc1ccc(C(=O)/C=C/C=C/C(=O)c2ccc(OC)cc2)cc1. The number of allylic oxidation sites excluding steroid dienone is 4. The summed E-state index contributed by atoms with van der Waals surface area (Å²) in [6.45, 7) is 0. The van der Waals surface area contributed by atoms with E-state index in [1.54, 1.807) is 74.9 Å². The predicted molar refractivity (Wildman–Crippen MR) is 92.9 cm³/mol. The van der Waals surface area contributed by atoms with E-state index < -0.39 is 0 Å². The first-order valence-electron chi connectivity index (χ1n) is 7.35. The van der Waals surface area contributed by atoms with E-state index in [1.807, 2.05) is 0 Å². The first-order valence-corrected chi connectivity index (χ1v) is 7.35. The second-order valence-electron chi connectivity index (χ2n) is 4.90. The summed E-state index contributed by atoms with van der Waals surface area (Å²) in [5, 5.41) is 0. The molecule has 4 nitrogen and oxygen atoms in total. The molecule has 2 aromatic carbocycles. The van der Waals surface area contributed by atoms with Crippen LogP contribution in [0.5, 0.6) is 11.5 Å². The smallest absolute Gasteiger partial charge is 0.185 e. The monoisotopic (exact) mass is 322 g/mol. The summed E-state index contributed by atoms with van der Waals surface area (Å²) in [6.07, 6.45) is 5.93. The van der Waals surface area contributed by atoms with Crippen molar-refractivity contribution in [2.45, 2.75) is 0 Å². The minimum Gasteiger partial charge on any atom is -0.497 e. The molecule has 24 heavy (non-hydrogen) atoms. The first kappa shape index (κ1) is 17.2. The van der Waals surface area contributed by atoms with Crippen LogP contribution in [0.15, 0.2) is 72.8 Å². The van der Waals surface area contributed by atoms with Crippen molar-refractivity contribution >= 4 is 11.6 Å². The summed E-state index contributed by atoms with van der Waals surface area (Å²) in [6, 6.07) is 13.7. The van der Waals surface area contributed by atoms with E-state index >= 15 is 0 Å². The molecule has 0 N–H and O–H groups in total. The maximum Gasteiger partial charge on any atom is 0.185 e. The summed E-state index contributed by atoms with van der Waals surface area (Å²) < 4.78 is 10.1. The highest BCUT2D eigenvalue weighted by Gasteiger charge is 2.02. The fourth-order valence-electron chi connectivity index (χ4n) is 1.99. The van der Waals surface area contributed by atoms with Crippen LogP contribution < -0.4 is 9.47 Å². The Hall–Kier alpha value is -3.14. The van der Waals surface area contributed by atoms with Gasteiger partial charge in [-0.05, 0) is 60.7 Å². The maximum absolute atomic E-state index is 12.0. The molecule has 2 rings (SSSR count). The van der Waals surface area contributed by atoms with E-state index in [0.717, 1.165) is 0 Å². The number of methoxy groups -OCH3 is 2.